The first-order chi connectivity index (χ1) is 6.76. The Morgan fingerprint density at radius 3 is 2.79 bits per heavy atom. The van der Waals surface area contributed by atoms with Gasteiger partial charge in [-0.2, -0.15) is 0 Å². The van der Waals surface area contributed by atoms with Crippen LogP contribution < -0.4 is 4.74 Å². The third-order valence-corrected chi connectivity index (χ3v) is 2.79. The minimum Gasteiger partial charge on any atom is -0.497 e. The molecule has 2 rings (SSSR count). The van der Waals surface area contributed by atoms with Gasteiger partial charge in [-0.25, -0.2) is 0 Å². The van der Waals surface area contributed by atoms with Crippen LogP contribution in [0.4, 0.5) is 0 Å². The van der Waals surface area contributed by atoms with Crippen molar-refractivity contribution in [2.24, 2.45) is 0 Å². The minimum atomic E-state index is 0.291. The fraction of sp³-hybridized carbons (Fsp3) is 0.417. The molecule has 0 aromatic heterocycles. The number of aryl methyl sites for hydroxylation is 2. The average Bonchev–Trinajstić information content (AvgIpc) is 2.59. The summed E-state index contributed by atoms with van der Waals surface area (Å²) in [7, 11) is 1.66. The molecular weight excluding hydrogens is 176 g/mol. The van der Waals surface area contributed by atoms with Gasteiger partial charge >= 0.3 is 0 Å². The summed E-state index contributed by atoms with van der Waals surface area (Å²) in [5, 5.41) is 0. The lowest BCUT2D eigenvalue weighted by atomic mass is 10.0. The zero-order chi connectivity index (χ0) is 10.1. The van der Waals surface area contributed by atoms with Crippen LogP contribution in [0.3, 0.4) is 0 Å². The summed E-state index contributed by atoms with van der Waals surface area (Å²) in [5.41, 5.74) is 3.24. The fourth-order valence-corrected chi connectivity index (χ4v) is 2.06. The number of Topliss-reactive ketones (excluding diaryl/α,β-unsaturated/α-hetero) is 1. The Balaban J connectivity index is 2.58. The first-order valence-corrected chi connectivity index (χ1v) is 4.99. The van der Waals surface area contributed by atoms with Gasteiger partial charge in [-0.1, -0.05) is 6.92 Å². The molecule has 1 aliphatic rings. The van der Waals surface area contributed by atoms with Crippen LogP contribution in [0.5, 0.6) is 5.75 Å². The van der Waals surface area contributed by atoms with Gasteiger partial charge in [0, 0.05) is 12.0 Å². The molecule has 0 heterocycles. The van der Waals surface area contributed by atoms with Gasteiger partial charge in [0.2, 0.25) is 0 Å². The van der Waals surface area contributed by atoms with Crippen molar-refractivity contribution < 1.29 is 9.53 Å². The molecule has 0 atom stereocenters. The van der Waals surface area contributed by atoms with E-state index in [1.807, 2.05) is 12.1 Å². The van der Waals surface area contributed by atoms with E-state index < -0.39 is 0 Å². The van der Waals surface area contributed by atoms with Crippen LogP contribution in [-0.4, -0.2) is 12.9 Å². The highest BCUT2D eigenvalue weighted by molar-refractivity contribution is 6.02. The van der Waals surface area contributed by atoms with E-state index in [-0.39, 0.29) is 0 Å². The number of hydrogen-bond acceptors (Lipinski definition) is 2. The van der Waals surface area contributed by atoms with E-state index in [2.05, 4.69) is 6.92 Å². The van der Waals surface area contributed by atoms with Crippen LogP contribution in [0, 0.1) is 0 Å². The van der Waals surface area contributed by atoms with E-state index in [0.717, 1.165) is 35.3 Å². The topological polar surface area (TPSA) is 26.3 Å². The molecule has 0 aliphatic heterocycles. The van der Waals surface area contributed by atoms with Gasteiger partial charge < -0.3 is 4.74 Å². The van der Waals surface area contributed by atoms with Crippen molar-refractivity contribution in [3.8, 4) is 5.75 Å². The lowest BCUT2D eigenvalue weighted by Gasteiger charge is -2.08. The Kier molecular flexibility index (Phi) is 2.28. The number of rotatable bonds is 2. The Bertz CT molecular complexity index is 380. The zero-order valence-corrected chi connectivity index (χ0v) is 8.59. The molecule has 14 heavy (non-hydrogen) atoms. The highest BCUT2D eigenvalue weighted by Gasteiger charge is 2.23. The summed E-state index contributed by atoms with van der Waals surface area (Å²) in [6.07, 6.45) is 2.43. The predicted molar refractivity (Wildman–Crippen MR) is 55.0 cm³/mol. The average molecular weight is 190 g/mol. The third kappa shape index (κ3) is 1.31. The van der Waals surface area contributed by atoms with E-state index >= 15 is 0 Å². The molecule has 0 fully saturated rings. The largest absolute Gasteiger partial charge is 0.497 e. The van der Waals surface area contributed by atoms with Crippen LogP contribution in [0.15, 0.2) is 12.1 Å². The number of fused-ring (bicyclic) bond motifs is 1. The van der Waals surface area contributed by atoms with Gasteiger partial charge in [0.1, 0.15) is 5.75 Å². The summed E-state index contributed by atoms with van der Waals surface area (Å²) in [4.78, 5) is 11.6. The van der Waals surface area contributed by atoms with Crippen molar-refractivity contribution in [2.75, 3.05) is 7.11 Å². The molecule has 1 aliphatic carbocycles. The van der Waals surface area contributed by atoms with Crippen molar-refractivity contribution in [2.45, 2.75) is 26.2 Å². The predicted octanol–water partition coefficient (Wildman–Crippen LogP) is 2.39. The van der Waals surface area contributed by atoms with Gasteiger partial charge in [0.15, 0.2) is 5.78 Å². The molecule has 0 amide bonds. The van der Waals surface area contributed by atoms with E-state index in [1.165, 1.54) is 0 Å². The van der Waals surface area contributed by atoms with Crippen LogP contribution in [-0.2, 0) is 12.8 Å². The molecule has 0 radical (unpaired) electrons. The number of hydrogen-bond donors (Lipinski definition) is 0. The number of methoxy groups -OCH3 is 1. The van der Waals surface area contributed by atoms with Crippen molar-refractivity contribution in [1.82, 2.24) is 0 Å². The first-order valence-electron chi connectivity index (χ1n) is 4.99. The molecule has 74 valence electrons. The summed E-state index contributed by atoms with van der Waals surface area (Å²) in [5.74, 6) is 1.16. The van der Waals surface area contributed by atoms with Gasteiger partial charge in [-0.05, 0) is 36.1 Å². The quantitative estimate of drug-likeness (QED) is 0.715. The number of benzene rings is 1. The number of carbonyl (C=O) groups is 1. The highest BCUT2D eigenvalue weighted by Crippen LogP contribution is 2.30. The summed E-state index contributed by atoms with van der Waals surface area (Å²) in [6.45, 7) is 2.07. The number of ether oxygens (including phenoxy) is 1. The molecule has 2 nitrogen and oxygen atoms in total. The van der Waals surface area contributed by atoms with E-state index in [9.17, 15) is 4.79 Å². The molecule has 0 bridgehead atoms. The van der Waals surface area contributed by atoms with E-state index in [4.69, 9.17) is 4.74 Å². The molecule has 0 saturated carbocycles. The molecular formula is C12H14O2. The smallest absolute Gasteiger partial charge is 0.163 e. The second-order valence-corrected chi connectivity index (χ2v) is 3.60. The van der Waals surface area contributed by atoms with Gasteiger partial charge in [0.25, 0.3) is 0 Å². The Morgan fingerprint density at radius 2 is 2.14 bits per heavy atom. The van der Waals surface area contributed by atoms with Crippen LogP contribution in [0.2, 0.25) is 0 Å². The summed E-state index contributed by atoms with van der Waals surface area (Å²) in [6, 6.07) is 3.96. The van der Waals surface area contributed by atoms with E-state index in [0.29, 0.717) is 12.2 Å². The van der Waals surface area contributed by atoms with Gasteiger partial charge in [-0.15, -0.1) is 0 Å². The third-order valence-electron chi connectivity index (χ3n) is 2.79. The monoisotopic (exact) mass is 190 g/mol. The normalized spacial score (nSPS) is 14.3. The molecule has 1 aromatic rings. The Morgan fingerprint density at radius 1 is 1.36 bits per heavy atom. The zero-order valence-electron chi connectivity index (χ0n) is 8.59. The van der Waals surface area contributed by atoms with Crippen molar-refractivity contribution in [3.05, 3.63) is 28.8 Å². The highest BCUT2D eigenvalue weighted by atomic mass is 16.5. The maximum Gasteiger partial charge on any atom is 0.163 e. The lowest BCUT2D eigenvalue weighted by molar-refractivity contribution is 0.0994. The van der Waals surface area contributed by atoms with Crippen LogP contribution in [0.1, 0.15) is 34.8 Å². The van der Waals surface area contributed by atoms with Crippen molar-refractivity contribution in [3.63, 3.8) is 0 Å². The minimum absolute atomic E-state index is 0.291. The second kappa shape index (κ2) is 3.45. The SMILES string of the molecule is CCc1cc(OC)cc2c1C(=O)CC2. The van der Waals surface area contributed by atoms with Crippen LogP contribution in [0.25, 0.3) is 0 Å². The van der Waals surface area contributed by atoms with Gasteiger partial charge in [-0.3, -0.25) is 4.79 Å². The molecule has 0 spiro atoms. The number of carbonyl (C=O) groups excluding carboxylic acids is 1. The molecule has 0 N–H and O–H groups in total. The first kappa shape index (κ1) is 9.25. The fourth-order valence-electron chi connectivity index (χ4n) is 2.06. The lowest BCUT2D eigenvalue weighted by Crippen LogP contribution is -1.99. The molecule has 1 aromatic carbocycles. The second-order valence-electron chi connectivity index (χ2n) is 3.60. The Hall–Kier alpha value is -1.31. The summed E-state index contributed by atoms with van der Waals surface area (Å²) < 4.78 is 5.21. The standard InChI is InChI=1S/C12H14O2/c1-3-8-6-10(14-2)7-9-4-5-11(13)12(8)9/h6-7H,3-5H2,1-2H3. The maximum absolute atomic E-state index is 11.6. The maximum atomic E-state index is 11.6. The Labute approximate surface area is 83.9 Å². The molecule has 2 heteroatoms. The summed E-state index contributed by atoms with van der Waals surface area (Å²) >= 11 is 0. The number of ketones is 1. The van der Waals surface area contributed by atoms with Crippen molar-refractivity contribution in [1.29, 1.82) is 0 Å². The molecule has 0 saturated heterocycles. The van der Waals surface area contributed by atoms with Crippen molar-refractivity contribution >= 4 is 5.78 Å². The van der Waals surface area contributed by atoms with Crippen LogP contribution >= 0.6 is 0 Å². The van der Waals surface area contributed by atoms with E-state index in [1.54, 1.807) is 7.11 Å². The molecule has 0 unspecified atom stereocenters. The van der Waals surface area contributed by atoms with Gasteiger partial charge in [0.05, 0.1) is 7.11 Å².